The van der Waals surface area contributed by atoms with Crippen molar-refractivity contribution < 1.29 is 9.53 Å². The second-order valence-electron chi connectivity index (χ2n) is 7.34. The third kappa shape index (κ3) is 5.26. The summed E-state index contributed by atoms with van der Waals surface area (Å²) in [5.41, 5.74) is 4.49. The van der Waals surface area contributed by atoms with Gasteiger partial charge in [0.25, 0.3) is 0 Å². The average Bonchev–Trinajstić information content (AvgIpc) is 2.77. The molecule has 0 fully saturated rings. The first kappa shape index (κ1) is 20.7. The Morgan fingerprint density at radius 1 is 0.897 bits per heavy atom. The molecule has 0 saturated carbocycles. The molecule has 0 spiro atoms. The summed E-state index contributed by atoms with van der Waals surface area (Å²) in [5, 5.41) is 3.24. The van der Waals surface area contributed by atoms with Gasteiger partial charge in [0.2, 0.25) is 5.91 Å². The molecule has 3 rings (SSSR count). The summed E-state index contributed by atoms with van der Waals surface area (Å²) in [4.78, 5) is 13.0. The van der Waals surface area contributed by atoms with Crippen molar-refractivity contribution in [2.24, 2.45) is 0 Å². The molecule has 3 nitrogen and oxygen atoms in total. The normalized spacial score (nSPS) is 11.9. The minimum Gasteiger partial charge on any atom is -0.496 e. The van der Waals surface area contributed by atoms with Crippen molar-refractivity contribution in [1.82, 2.24) is 5.32 Å². The van der Waals surface area contributed by atoms with Gasteiger partial charge in [0.1, 0.15) is 5.75 Å². The molecular weight excluding hydrogens is 358 g/mol. The van der Waals surface area contributed by atoms with E-state index in [9.17, 15) is 4.79 Å². The quantitative estimate of drug-likeness (QED) is 0.531. The molecular formula is C26H29NO2. The van der Waals surface area contributed by atoms with Crippen LogP contribution in [0.15, 0.2) is 78.9 Å². The van der Waals surface area contributed by atoms with E-state index in [1.54, 1.807) is 7.11 Å². The van der Waals surface area contributed by atoms with E-state index in [2.05, 4.69) is 42.6 Å². The fourth-order valence-corrected chi connectivity index (χ4v) is 3.78. The first-order chi connectivity index (χ1) is 14.1. The topological polar surface area (TPSA) is 38.3 Å². The molecule has 0 saturated heterocycles. The molecule has 3 heteroatoms. The number of aryl methyl sites for hydroxylation is 1. The predicted molar refractivity (Wildman–Crippen MR) is 118 cm³/mol. The van der Waals surface area contributed by atoms with E-state index in [4.69, 9.17) is 4.74 Å². The Bertz CT molecular complexity index is 882. The molecule has 1 amide bonds. The summed E-state index contributed by atoms with van der Waals surface area (Å²) < 4.78 is 5.36. The number of carbonyl (C=O) groups is 1. The average molecular weight is 388 g/mol. The van der Waals surface area contributed by atoms with Crippen LogP contribution in [-0.2, 0) is 4.79 Å². The Morgan fingerprint density at radius 2 is 1.48 bits per heavy atom. The van der Waals surface area contributed by atoms with Gasteiger partial charge in [-0.2, -0.15) is 0 Å². The van der Waals surface area contributed by atoms with E-state index in [0.717, 1.165) is 34.4 Å². The smallest absolute Gasteiger partial charge is 0.221 e. The van der Waals surface area contributed by atoms with Crippen LogP contribution in [0, 0.1) is 6.92 Å². The van der Waals surface area contributed by atoms with Crippen LogP contribution in [0.3, 0.4) is 0 Å². The van der Waals surface area contributed by atoms with Gasteiger partial charge >= 0.3 is 0 Å². The lowest BCUT2D eigenvalue weighted by Gasteiger charge is -2.22. The lowest BCUT2D eigenvalue weighted by molar-refractivity contribution is -0.122. The molecule has 0 aliphatic carbocycles. The van der Waals surface area contributed by atoms with Gasteiger partial charge in [-0.25, -0.2) is 0 Å². The standard InChI is InChI=1S/C26H29NO2/c1-4-24(22-15-16-25(29-3)19(2)17-22)27-26(28)18-23(20-11-7-5-8-12-20)21-13-9-6-10-14-21/h5-17,23-24H,4,18H2,1-3H3,(H,27,28). The monoisotopic (exact) mass is 387 g/mol. The third-order valence-corrected chi connectivity index (χ3v) is 5.36. The van der Waals surface area contributed by atoms with Crippen LogP contribution < -0.4 is 10.1 Å². The summed E-state index contributed by atoms with van der Waals surface area (Å²) in [6, 6.07) is 26.6. The van der Waals surface area contributed by atoms with Crippen molar-refractivity contribution >= 4 is 5.91 Å². The zero-order valence-electron chi connectivity index (χ0n) is 17.4. The summed E-state index contributed by atoms with van der Waals surface area (Å²) in [6.07, 6.45) is 1.25. The highest BCUT2D eigenvalue weighted by Gasteiger charge is 2.20. The van der Waals surface area contributed by atoms with Gasteiger partial charge in [-0.3, -0.25) is 4.79 Å². The van der Waals surface area contributed by atoms with E-state index in [1.807, 2.05) is 55.5 Å². The van der Waals surface area contributed by atoms with Crippen molar-refractivity contribution in [3.05, 3.63) is 101 Å². The highest BCUT2D eigenvalue weighted by atomic mass is 16.5. The van der Waals surface area contributed by atoms with Crippen LogP contribution in [0.2, 0.25) is 0 Å². The van der Waals surface area contributed by atoms with E-state index < -0.39 is 0 Å². The second-order valence-corrected chi connectivity index (χ2v) is 7.34. The van der Waals surface area contributed by atoms with Crippen molar-refractivity contribution in [2.45, 2.75) is 38.6 Å². The van der Waals surface area contributed by atoms with Gasteiger partial charge in [0, 0.05) is 12.3 Å². The molecule has 150 valence electrons. The molecule has 0 aromatic heterocycles. The summed E-state index contributed by atoms with van der Waals surface area (Å²) in [6.45, 7) is 4.12. The molecule has 3 aromatic carbocycles. The Labute approximate surface area is 173 Å². The van der Waals surface area contributed by atoms with Gasteiger partial charge < -0.3 is 10.1 Å². The molecule has 0 heterocycles. The minimum atomic E-state index is -0.0145. The second kappa shape index (κ2) is 9.92. The highest BCUT2D eigenvalue weighted by molar-refractivity contribution is 5.78. The van der Waals surface area contributed by atoms with E-state index in [-0.39, 0.29) is 17.9 Å². The number of benzene rings is 3. The number of amides is 1. The molecule has 0 aliphatic rings. The van der Waals surface area contributed by atoms with Crippen LogP contribution in [0.4, 0.5) is 0 Å². The molecule has 1 atom stereocenters. The largest absolute Gasteiger partial charge is 0.496 e. The Hall–Kier alpha value is -3.07. The van der Waals surface area contributed by atoms with E-state index in [1.165, 1.54) is 0 Å². The van der Waals surface area contributed by atoms with Crippen LogP contribution in [0.25, 0.3) is 0 Å². The van der Waals surface area contributed by atoms with Crippen LogP contribution in [-0.4, -0.2) is 13.0 Å². The minimum absolute atomic E-state index is 0.0145. The highest BCUT2D eigenvalue weighted by Crippen LogP contribution is 2.29. The maximum Gasteiger partial charge on any atom is 0.221 e. The third-order valence-electron chi connectivity index (χ3n) is 5.36. The zero-order chi connectivity index (χ0) is 20.6. The van der Waals surface area contributed by atoms with Gasteiger partial charge in [0.15, 0.2) is 0 Å². The number of carbonyl (C=O) groups excluding carboxylic acids is 1. The van der Waals surface area contributed by atoms with Gasteiger partial charge in [-0.15, -0.1) is 0 Å². The number of hydrogen-bond donors (Lipinski definition) is 1. The van der Waals surface area contributed by atoms with Crippen molar-refractivity contribution in [3.8, 4) is 5.75 Å². The SMILES string of the molecule is CCC(NC(=O)CC(c1ccccc1)c1ccccc1)c1ccc(OC)c(C)c1. The molecule has 0 aliphatic heterocycles. The maximum absolute atomic E-state index is 13.0. The van der Waals surface area contributed by atoms with Crippen LogP contribution in [0.5, 0.6) is 5.75 Å². The lowest BCUT2D eigenvalue weighted by Crippen LogP contribution is -2.29. The Kier molecular flexibility index (Phi) is 7.07. The molecule has 3 aromatic rings. The number of nitrogens with one attached hydrogen (secondary N) is 1. The van der Waals surface area contributed by atoms with Crippen molar-refractivity contribution in [1.29, 1.82) is 0 Å². The molecule has 1 unspecified atom stereocenters. The predicted octanol–water partition coefficient (Wildman–Crippen LogP) is 5.79. The van der Waals surface area contributed by atoms with Gasteiger partial charge in [-0.05, 0) is 41.7 Å². The fourth-order valence-electron chi connectivity index (χ4n) is 3.78. The zero-order valence-corrected chi connectivity index (χ0v) is 17.4. The number of ether oxygens (including phenoxy) is 1. The number of rotatable bonds is 8. The van der Waals surface area contributed by atoms with E-state index in [0.29, 0.717) is 6.42 Å². The molecule has 0 bridgehead atoms. The first-order valence-electron chi connectivity index (χ1n) is 10.2. The summed E-state index contributed by atoms with van der Waals surface area (Å²) in [7, 11) is 1.67. The number of hydrogen-bond acceptors (Lipinski definition) is 2. The Balaban J connectivity index is 1.78. The molecule has 1 N–H and O–H groups in total. The lowest BCUT2D eigenvalue weighted by atomic mass is 9.88. The van der Waals surface area contributed by atoms with Crippen molar-refractivity contribution in [2.75, 3.05) is 7.11 Å². The maximum atomic E-state index is 13.0. The summed E-state index contributed by atoms with van der Waals surface area (Å²) in [5.74, 6) is 0.957. The fraction of sp³-hybridized carbons (Fsp3) is 0.269. The first-order valence-corrected chi connectivity index (χ1v) is 10.2. The van der Waals surface area contributed by atoms with E-state index >= 15 is 0 Å². The number of methoxy groups -OCH3 is 1. The Morgan fingerprint density at radius 3 is 1.97 bits per heavy atom. The van der Waals surface area contributed by atoms with Crippen LogP contribution >= 0.6 is 0 Å². The van der Waals surface area contributed by atoms with Crippen LogP contribution in [0.1, 0.15) is 54.0 Å². The molecule has 29 heavy (non-hydrogen) atoms. The molecule has 0 radical (unpaired) electrons. The summed E-state index contributed by atoms with van der Waals surface area (Å²) >= 11 is 0. The van der Waals surface area contributed by atoms with Gasteiger partial charge in [0.05, 0.1) is 13.2 Å². The van der Waals surface area contributed by atoms with Crippen molar-refractivity contribution in [3.63, 3.8) is 0 Å². The van der Waals surface area contributed by atoms with Gasteiger partial charge in [-0.1, -0.05) is 79.7 Å².